The Morgan fingerprint density at radius 2 is 1.92 bits per heavy atom. The number of ketones is 1. The fourth-order valence-corrected chi connectivity index (χ4v) is 6.68. The van der Waals surface area contributed by atoms with Crippen molar-refractivity contribution in [3.05, 3.63) is 11.6 Å². The molecule has 2 N–H and O–H groups in total. The average Bonchev–Trinajstić information content (AvgIpc) is 2.80. The molecule has 3 unspecified atom stereocenters. The van der Waals surface area contributed by atoms with Gasteiger partial charge in [-0.15, -0.1) is 0 Å². The highest BCUT2D eigenvalue weighted by Crippen LogP contribution is 2.64. The number of ether oxygens (including phenoxy) is 1. The highest BCUT2D eigenvalue weighted by molar-refractivity contribution is 5.94. The number of aliphatic hydroxyl groups excluding tert-OH is 2. The van der Waals surface area contributed by atoms with Gasteiger partial charge in [0.15, 0.2) is 5.78 Å². The first kappa shape index (κ1) is 18.2. The first-order chi connectivity index (χ1) is 12.2. The summed E-state index contributed by atoms with van der Waals surface area (Å²) in [6.07, 6.45) is 4.83. The Hall–Kier alpha value is -1.20. The normalized spacial score (nSPS) is 50.3. The molecule has 0 heterocycles. The van der Waals surface area contributed by atoms with Crippen LogP contribution in [0.5, 0.6) is 0 Å². The summed E-state index contributed by atoms with van der Waals surface area (Å²) in [4.78, 5) is 24.5. The Labute approximate surface area is 154 Å². The number of carbonyl (C=O) groups excluding carboxylic acids is 2. The third-order valence-corrected chi connectivity index (χ3v) is 8.19. The van der Waals surface area contributed by atoms with Crippen LogP contribution in [0.3, 0.4) is 0 Å². The molecule has 5 heteroatoms. The molecule has 0 aromatic rings. The van der Waals surface area contributed by atoms with E-state index >= 15 is 0 Å². The van der Waals surface area contributed by atoms with E-state index in [-0.39, 0.29) is 46.4 Å². The maximum Gasteiger partial charge on any atom is 0.302 e. The number of aliphatic hydroxyl groups is 2. The third kappa shape index (κ3) is 2.43. The van der Waals surface area contributed by atoms with Gasteiger partial charge in [-0.25, -0.2) is 0 Å². The molecule has 8 atom stereocenters. The van der Waals surface area contributed by atoms with Gasteiger partial charge in [0, 0.05) is 18.3 Å². The summed E-state index contributed by atoms with van der Waals surface area (Å²) in [6.45, 7) is 5.68. The molecule has 4 aliphatic rings. The molecule has 0 saturated heterocycles. The Balaban J connectivity index is 1.70. The van der Waals surface area contributed by atoms with Gasteiger partial charge in [-0.05, 0) is 61.9 Å². The molecule has 0 aromatic heterocycles. The Kier molecular flexibility index (Phi) is 4.12. The van der Waals surface area contributed by atoms with Gasteiger partial charge in [0.1, 0.15) is 6.10 Å². The van der Waals surface area contributed by atoms with Crippen LogP contribution in [0.1, 0.15) is 59.3 Å². The average molecular weight is 362 g/mol. The van der Waals surface area contributed by atoms with Crippen molar-refractivity contribution in [1.29, 1.82) is 0 Å². The summed E-state index contributed by atoms with van der Waals surface area (Å²) in [7, 11) is 0. The van der Waals surface area contributed by atoms with Crippen molar-refractivity contribution in [2.45, 2.75) is 77.6 Å². The van der Waals surface area contributed by atoms with Crippen LogP contribution in [0.2, 0.25) is 0 Å². The second-order valence-electron chi connectivity index (χ2n) is 9.50. The lowest BCUT2D eigenvalue weighted by molar-refractivity contribution is -0.154. The van der Waals surface area contributed by atoms with E-state index in [1.54, 1.807) is 6.08 Å². The van der Waals surface area contributed by atoms with Gasteiger partial charge in [-0.1, -0.05) is 19.4 Å². The van der Waals surface area contributed by atoms with Crippen LogP contribution in [-0.4, -0.2) is 40.3 Å². The number of carbonyl (C=O) groups is 2. The van der Waals surface area contributed by atoms with E-state index in [9.17, 15) is 19.8 Å². The molecule has 0 aromatic carbocycles. The predicted molar refractivity (Wildman–Crippen MR) is 95.0 cm³/mol. The summed E-state index contributed by atoms with van der Waals surface area (Å²) in [5.74, 6) is -0.0622. The number of fused-ring (bicyclic) bond motifs is 5. The van der Waals surface area contributed by atoms with E-state index < -0.39 is 12.2 Å². The summed E-state index contributed by atoms with van der Waals surface area (Å²) < 4.78 is 5.39. The number of rotatable bonds is 1. The minimum absolute atomic E-state index is 0.0366. The molecule has 3 saturated carbocycles. The summed E-state index contributed by atoms with van der Waals surface area (Å²) in [6, 6.07) is 0. The van der Waals surface area contributed by atoms with Gasteiger partial charge in [0.25, 0.3) is 0 Å². The van der Waals surface area contributed by atoms with Crippen molar-refractivity contribution in [3.63, 3.8) is 0 Å². The van der Waals surface area contributed by atoms with Crippen molar-refractivity contribution < 1.29 is 24.5 Å². The Morgan fingerprint density at radius 3 is 2.62 bits per heavy atom. The van der Waals surface area contributed by atoms with Crippen molar-refractivity contribution in [3.8, 4) is 0 Å². The van der Waals surface area contributed by atoms with Crippen LogP contribution in [0.25, 0.3) is 0 Å². The van der Waals surface area contributed by atoms with Crippen molar-refractivity contribution in [1.82, 2.24) is 0 Å². The van der Waals surface area contributed by atoms with Crippen LogP contribution >= 0.6 is 0 Å². The van der Waals surface area contributed by atoms with E-state index in [0.717, 1.165) is 31.3 Å². The molecule has 0 radical (unpaired) electrons. The molecule has 0 amide bonds. The summed E-state index contributed by atoms with van der Waals surface area (Å²) >= 11 is 0. The van der Waals surface area contributed by atoms with Gasteiger partial charge < -0.3 is 14.9 Å². The van der Waals surface area contributed by atoms with Gasteiger partial charge in [-0.3, -0.25) is 9.59 Å². The van der Waals surface area contributed by atoms with Crippen LogP contribution < -0.4 is 0 Å². The first-order valence-electron chi connectivity index (χ1n) is 9.95. The smallest absolute Gasteiger partial charge is 0.302 e. The molecule has 0 aliphatic heterocycles. The third-order valence-electron chi connectivity index (χ3n) is 8.19. The molecule has 4 aliphatic carbocycles. The van der Waals surface area contributed by atoms with Crippen LogP contribution in [0, 0.1) is 28.6 Å². The largest absolute Gasteiger partial charge is 0.460 e. The van der Waals surface area contributed by atoms with Gasteiger partial charge in [0.2, 0.25) is 0 Å². The Bertz CT molecular complexity index is 669. The van der Waals surface area contributed by atoms with Gasteiger partial charge in [0.05, 0.1) is 12.2 Å². The standard InChI is InChI=1S/C21H30O5/c1-11(22)26-17-10-15-18-14(5-7-21(15,3)19(17)25)20(2)6-4-13(23)8-12(20)9-16(18)24/h9,13-15,17-19,23,25H,4-8,10H2,1-3H3/t13-,14?,15?,17+,18?,19-,20-,21-/m0/s1. The molecule has 26 heavy (non-hydrogen) atoms. The molecular formula is C21H30O5. The molecule has 4 rings (SSSR count). The zero-order valence-corrected chi connectivity index (χ0v) is 15.9. The fourth-order valence-electron chi connectivity index (χ4n) is 6.68. The highest BCUT2D eigenvalue weighted by Gasteiger charge is 2.63. The lowest BCUT2D eigenvalue weighted by atomic mass is 9.47. The zero-order valence-electron chi connectivity index (χ0n) is 15.9. The molecular weight excluding hydrogens is 332 g/mol. The van der Waals surface area contributed by atoms with E-state index in [0.29, 0.717) is 12.8 Å². The maximum absolute atomic E-state index is 13.1. The molecule has 3 fully saturated rings. The number of esters is 1. The quantitative estimate of drug-likeness (QED) is 0.700. The highest BCUT2D eigenvalue weighted by atomic mass is 16.6. The van der Waals surface area contributed by atoms with Gasteiger partial charge in [-0.2, -0.15) is 0 Å². The van der Waals surface area contributed by atoms with Crippen molar-refractivity contribution in [2.75, 3.05) is 0 Å². The predicted octanol–water partition coefficient (Wildman–Crippen LogP) is 2.39. The summed E-state index contributed by atoms with van der Waals surface area (Å²) in [5, 5.41) is 20.9. The van der Waals surface area contributed by atoms with Crippen molar-refractivity contribution >= 4 is 11.8 Å². The SMILES string of the molecule is CC(=O)O[C@@H]1CC2C3C(=O)C=C4C[C@@H](O)CC[C@]4(C)C3CC[C@]2(C)[C@H]1O. The second-order valence-corrected chi connectivity index (χ2v) is 9.50. The lowest BCUT2D eigenvalue weighted by Crippen LogP contribution is -2.54. The molecule has 0 spiro atoms. The Morgan fingerprint density at radius 1 is 1.19 bits per heavy atom. The van der Waals surface area contributed by atoms with Crippen LogP contribution in [0.15, 0.2) is 11.6 Å². The van der Waals surface area contributed by atoms with E-state index in [1.165, 1.54) is 6.92 Å². The first-order valence-corrected chi connectivity index (χ1v) is 9.95. The second kappa shape index (κ2) is 5.90. The minimum Gasteiger partial charge on any atom is -0.460 e. The number of hydrogen-bond acceptors (Lipinski definition) is 5. The van der Waals surface area contributed by atoms with E-state index in [2.05, 4.69) is 13.8 Å². The van der Waals surface area contributed by atoms with E-state index in [1.807, 2.05) is 0 Å². The monoisotopic (exact) mass is 362 g/mol. The van der Waals surface area contributed by atoms with Crippen LogP contribution in [-0.2, 0) is 14.3 Å². The molecule has 5 nitrogen and oxygen atoms in total. The van der Waals surface area contributed by atoms with E-state index in [4.69, 9.17) is 4.74 Å². The fraction of sp³-hybridized carbons (Fsp3) is 0.810. The number of allylic oxidation sites excluding steroid dienone is 1. The van der Waals surface area contributed by atoms with Gasteiger partial charge >= 0.3 is 5.97 Å². The number of hydrogen-bond donors (Lipinski definition) is 2. The minimum atomic E-state index is -0.712. The topological polar surface area (TPSA) is 83.8 Å². The molecule has 0 bridgehead atoms. The molecule has 144 valence electrons. The van der Waals surface area contributed by atoms with Crippen molar-refractivity contribution in [2.24, 2.45) is 28.6 Å². The summed E-state index contributed by atoms with van der Waals surface area (Å²) in [5.41, 5.74) is 0.692. The maximum atomic E-state index is 13.1. The lowest BCUT2D eigenvalue weighted by Gasteiger charge is -2.56. The van der Waals surface area contributed by atoms with Crippen LogP contribution in [0.4, 0.5) is 0 Å². The zero-order chi connectivity index (χ0) is 18.9.